The van der Waals surface area contributed by atoms with Crippen LogP contribution in [0.5, 0.6) is 0 Å². The largest absolute Gasteiger partial charge is 0.347 e. The normalized spacial score (nSPS) is 23.3. The number of nitrogens with zero attached hydrogens (tertiary/aromatic N) is 1. The third-order valence-electron chi connectivity index (χ3n) is 7.79. The average molecular weight is 497 g/mol. The Labute approximate surface area is 212 Å². The molecule has 36 heavy (non-hydrogen) atoms. The van der Waals surface area contributed by atoms with Gasteiger partial charge in [-0.1, -0.05) is 45.0 Å². The second-order valence-corrected chi connectivity index (χ2v) is 11.2. The zero-order chi connectivity index (χ0) is 26.2. The standard InChI is InChI=1S/C28H37FN4O3/c1-16(30-5)25(34)32-24(28(2,3)4)27(36)33-15-14-17-10-13-22(23(17)33)31-26(35)20-11-12-21(29)19-9-7-6-8-18(19)20/h6-9,11-12,16-17,22-24,30H,10,13-15H2,1-5H3,(H,31,35)(H,32,34)/t16-,17+,22-,23-,24+/m0/s1. The SMILES string of the molecule is CN[C@@H](C)C(=O)N[C@H](C(=O)N1CC[C@H]2CC[C@H](NC(=O)c3ccc(F)c4ccccc34)[C@H]21)C(C)(C)C. The van der Waals surface area contributed by atoms with Crippen molar-refractivity contribution in [2.75, 3.05) is 13.6 Å². The van der Waals surface area contributed by atoms with Gasteiger partial charge in [-0.2, -0.15) is 0 Å². The number of carbonyl (C=O) groups is 3. The van der Waals surface area contributed by atoms with Gasteiger partial charge in [0, 0.05) is 23.5 Å². The van der Waals surface area contributed by atoms with Gasteiger partial charge in [0.05, 0.1) is 12.1 Å². The third-order valence-corrected chi connectivity index (χ3v) is 7.79. The van der Waals surface area contributed by atoms with Crippen molar-refractivity contribution in [1.82, 2.24) is 20.9 Å². The molecule has 5 atom stereocenters. The summed E-state index contributed by atoms with van der Waals surface area (Å²) >= 11 is 0. The van der Waals surface area contributed by atoms with Crippen LogP contribution in [0.3, 0.4) is 0 Å². The number of hydrogen-bond donors (Lipinski definition) is 3. The number of fused-ring (bicyclic) bond motifs is 2. The van der Waals surface area contributed by atoms with Gasteiger partial charge in [0.25, 0.3) is 5.91 Å². The van der Waals surface area contributed by atoms with E-state index in [9.17, 15) is 18.8 Å². The summed E-state index contributed by atoms with van der Waals surface area (Å²) in [6.45, 7) is 8.19. The Kier molecular flexibility index (Phi) is 7.36. The zero-order valence-electron chi connectivity index (χ0n) is 21.7. The molecule has 0 radical (unpaired) electrons. The summed E-state index contributed by atoms with van der Waals surface area (Å²) in [5.74, 6) is -0.657. The molecule has 2 aliphatic rings. The van der Waals surface area contributed by atoms with Gasteiger partial charge in [-0.25, -0.2) is 4.39 Å². The fourth-order valence-electron chi connectivity index (χ4n) is 5.64. The molecule has 0 spiro atoms. The summed E-state index contributed by atoms with van der Waals surface area (Å²) in [6, 6.07) is 8.36. The first-order valence-corrected chi connectivity index (χ1v) is 12.8. The molecule has 1 aliphatic heterocycles. The van der Waals surface area contributed by atoms with Gasteiger partial charge in [0.2, 0.25) is 11.8 Å². The van der Waals surface area contributed by atoms with E-state index in [1.165, 1.54) is 12.1 Å². The zero-order valence-corrected chi connectivity index (χ0v) is 21.7. The van der Waals surface area contributed by atoms with Gasteiger partial charge in [-0.15, -0.1) is 0 Å². The molecule has 1 saturated heterocycles. The van der Waals surface area contributed by atoms with Crippen LogP contribution in [0, 0.1) is 17.2 Å². The van der Waals surface area contributed by atoms with Gasteiger partial charge < -0.3 is 20.9 Å². The molecule has 1 aliphatic carbocycles. The van der Waals surface area contributed by atoms with Gasteiger partial charge in [0.1, 0.15) is 11.9 Å². The van der Waals surface area contributed by atoms with E-state index in [0.717, 1.165) is 19.3 Å². The van der Waals surface area contributed by atoms with E-state index < -0.39 is 17.5 Å². The number of amides is 3. The van der Waals surface area contributed by atoms with Crippen LogP contribution >= 0.6 is 0 Å². The number of rotatable bonds is 6. The molecular formula is C28H37FN4O3. The topological polar surface area (TPSA) is 90.5 Å². The van der Waals surface area contributed by atoms with Crippen LogP contribution in [-0.2, 0) is 9.59 Å². The van der Waals surface area contributed by atoms with Gasteiger partial charge in [-0.3, -0.25) is 14.4 Å². The molecule has 1 heterocycles. The molecule has 2 aromatic carbocycles. The fraction of sp³-hybridized carbons (Fsp3) is 0.536. The maximum absolute atomic E-state index is 14.3. The fourth-order valence-corrected chi connectivity index (χ4v) is 5.64. The molecular weight excluding hydrogens is 459 g/mol. The number of hydrogen-bond acceptors (Lipinski definition) is 4. The highest BCUT2D eigenvalue weighted by atomic mass is 19.1. The van der Waals surface area contributed by atoms with Crippen LogP contribution < -0.4 is 16.0 Å². The van der Waals surface area contributed by atoms with Crippen molar-refractivity contribution in [3.05, 3.63) is 47.8 Å². The number of benzene rings is 2. The molecule has 0 aromatic heterocycles. The Hall–Kier alpha value is -3.00. The Balaban J connectivity index is 1.55. The van der Waals surface area contributed by atoms with E-state index >= 15 is 0 Å². The van der Waals surface area contributed by atoms with Crippen molar-refractivity contribution in [3.8, 4) is 0 Å². The summed E-state index contributed by atoms with van der Waals surface area (Å²) in [7, 11) is 1.71. The Morgan fingerprint density at radius 1 is 1.03 bits per heavy atom. The molecule has 0 bridgehead atoms. The molecule has 8 heteroatoms. The maximum Gasteiger partial charge on any atom is 0.252 e. The predicted octanol–water partition coefficient (Wildman–Crippen LogP) is 3.23. The lowest BCUT2D eigenvalue weighted by molar-refractivity contribution is -0.141. The van der Waals surface area contributed by atoms with E-state index in [4.69, 9.17) is 0 Å². The second-order valence-electron chi connectivity index (χ2n) is 11.2. The van der Waals surface area contributed by atoms with Crippen LogP contribution in [0.25, 0.3) is 10.8 Å². The summed E-state index contributed by atoms with van der Waals surface area (Å²) in [6.07, 6.45) is 2.57. The molecule has 4 rings (SSSR count). The minimum Gasteiger partial charge on any atom is -0.347 e. The number of halogens is 1. The molecule has 1 saturated carbocycles. The van der Waals surface area contributed by atoms with Crippen molar-refractivity contribution in [1.29, 1.82) is 0 Å². The first-order chi connectivity index (χ1) is 17.0. The van der Waals surface area contributed by atoms with Crippen molar-refractivity contribution in [2.45, 2.75) is 71.1 Å². The highest BCUT2D eigenvalue weighted by Crippen LogP contribution is 2.39. The van der Waals surface area contributed by atoms with E-state index in [-0.39, 0.29) is 35.6 Å². The summed E-state index contributed by atoms with van der Waals surface area (Å²) < 4.78 is 14.3. The average Bonchev–Trinajstić information content (AvgIpc) is 3.44. The van der Waals surface area contributed by atoms with Crippen molar-refractivity contribution in [3.63, 3.8) is 0 Å². The number of nitrogens with one attached hydrogen (secondary N) is 3. The molecule has 7 nitrogen and oxygen atoms in total. The monoisotopic (exact) mass is 496 g/mol. The number of likely N-dealkylation sites (N-methyl/N-ethyl adjacent to an activating group) is 1. The van der Waals surface area contributed by atoms with Crippen LogP contribution in [0.15, 0.2) is 36.4 Å². The Morgan fingerprint density at radius 2 is 1.72 bits per heavy atom. The van der Waals surface area contributed by atoms with Gasteiger partial charge in [-0.05, 0) is 62.1 Å². The Morgan fingerprint density at radius 3 is 2.39 bits per heavy atom. The van der Waals surface area contributed by atoms with Crippen LogP contribution in [0.2, 0.25) is 0 Å². The van der Waals surface area contributed by atoms with Crippen LogP contribution in [-0.4, -0.2) is 60.4 Å². The molecule has 3 N–H and O–H groups in total. The van der Waals surface area contributed by atoms with Gasteiger partial charge >= 0.3 is 0 Å². The second kappa shape index (κ2) is 10.2. The maximum atomic E-state index is 14.3. The molecule has 2 fully saturated rings. The molecule has 3 amide bonds. The summed E-state index contributed by atoms with van der Waals surface area (Å²) in [5, 5.41) is 10.0. The smallest absolute Gasteiger partial charge is 0.252 e. The highest BCUT2D eigenvalue weighted by Gasteiger charge is 2.49. The minimum absolute atomic E-state index is 0.111. The van der Waals surface area contributed by atoms with E-state index in [2.05, 4.69) is 16.0 Å². The third kappa shape index (κ3) is 4.96. The van der Waals surface area contributed by atoms with Crippen molar-refractivity contribution < 1.29 is 18.8 Å². The Bertz CT molecular complexity index is 1160. The van der Waals surface area contributed by atoms with Crippen LogP contribution in [0.4, 0.5) is 4.39 Å². The predicted molar refractivity (Wildman–Crippen MR) is 138 cm³/mol. The molecule has 194 valence electrons. The molecule has 0 unspecified atom stereocenters. The van der Waals surface area contributed by atoms with Crippen LogP contribution in [0.1, 0.15) is 57.3 Å². The quantitative estimate of drug-likeness (QED) is 0.573. The lowest BCUT2D eigenvalue weighted by atomic mass is 9.85. The minimum atomic E-state index is -0.683. The highest BCUT2D eigenvalue weighted by molar-refractivity contribution is 6.07. The lowest BCUT2D eigenvalue weighted by Crippen LogP contribution is -2.60. The number of likely N-dealkylation sites (tertiary alicyclic amines) is 1. The first-order valence-electron chi connectivity index (χ1n) is 12.8. The van der Waals surface area contributed by atoms with E-state index in [0.29, 0.717) is 28.8 Å². The van der Waals surface area contributed by atoms with Gasteiger partial charge in [0.15, 0.2) is 0 Å². The van der Waals surface area contributed by atoms with E-state index in [1.54, 1.807) is 38.2 Å². The first kappa shape index (κ1) is 26.1. The van der Waals surface area contributed by atoms with Crippen molar-refractivity contribution in [2.24, 2.45) is 11.3 Å². The molecule has 2 aromatic rings. The van der Waals surface area contributed by atoms with Crippen molar-refractivity contribution >= 4 is 28.5 Å². The summed E-state index contributed by atoms with van der Waals surface area (Å²) in [4.78, 5) is 41.7. The number of carbonyl (C=O) groups excluding carboxylic acids is 3. The summed E-state index contributed by atoms with van der Waals surface area (Å²) in [5.41, 5.74) is -0.0601. The lowest BCUT2D eigenvalue weighted by Gasteiger charge is -2.38. The van der Waals surface area contributed by atoms with E-state index in [1.807, 2.05) is 25.7 Å².